The van der Waals surface area contributed by atoms with Crippen LogP contribution in [0, 0.1) is 5.82 Å². The minimum Gasteiger partial charge on any atom is -0.352 e. The van der Waals surface area contributed by atoms with Crippen molar-refractivity contribution in [2.75, 3.05) is 0 Å². The van der Waals surface area contributed by atoms with Crippen molar-refractivity contribution >= 4 is 5.91 Å². The third kappa shape index (κ3) is 4.40. The monoisotopic (exact) mass is 224 g/mol. The molecule has 1 aromatic carbocycles. The topological polar surface area (TPSA) is 55.1 Å². The van der Waals surface area contributed by atoms with Gasteiger partial charge in [-0.3, -0.25) is 4.79 Å². The summed E-state index contributed by atoms with van der Waals surface area (Å²) in [6.45, 7) is 2.28. The Kier molecular flexibility index (Phi) is 4.92. The van der Waals surface area contributed by atoms with E-state index in [4.69, 9.17) is 5.73 Å². The molecule has 0 aliphatic heterocycles. The van der Waals surface area contributed by atoms with E-state index in [-0.39, 0.29) is 17.8 Å². The molecule has 1 amide bonds. The van der Waals surface area contributed by atoms with Crippen LogP contribution in [0.4, 0.5) is 4.39 Å². The van der Waals surface area contributed by atoms with Crippen LogP contribution in [0.1, 0.15) is 25.3 Å². The standard InChI is InChI=1S/C12H17FN2O/c1-2-11(14)7-12(16)15-8-9-4-3-5-10(13)6-9/h3-6,11H,2,7-8,14H2,1H3,(H,15,16). The van der Waals surface area contributed by atoms with Crippen molar-refractivity contribution in [1.29, 1.82) is 0 Å². The van der Waals surface area contributed by atoms with Gasteiger partial charge in [-0.2, -0.15) is 0 Å². The van der Waals surface area contributed by atoms with Crippen LogP contribution in [0.25, 0.3) is 0 Å². The van der Waals surface area contributed by atoms with E-state index in [1.54, 1.807) is 12.1 Å². The summed E-state index contributed by atoms with van der Waals surface area (Å²) in [5.74, 6) is -0.393. The Morgan fingerprint density at radius 2 is 2.31 bits per heavy atom. The quantitative estimate of drug-likeness (QED) is 0.797. The van der Waals surface area contributed by atoms with Crippen molar-refractivity contribution in [2.24, 2.45) is 5.73 Å². The molecule has 0 radical (unpaired) electrons. The van der Waals surface area contributed by atoms with Gasteiger partial charge in [-0.15, -0.1) is 0 Å². The summed E-state index contributed by atoms with van der Waals surface area (Å²) in [7, 11) is 0. The maximum atomic E-state index is 12.8. The average Bonchev–Trinajstić information content (AvgIpc) is 2.26. The molecule has 4 heteroatoms. The molecule has 0 saturated heterocycles. The molecule has 0 aliphatic rings. The van der Waals surface area contributed by atoms with Crippen LogP contribution in [0.3, 0.4) is 0 Å². The van der Waals surface area contributed by atoms with Crippen LogP contribution in [-0.2, 0) is 11.3 Å². The SMILES string of the molecule is CCC(N)CC(=O)NCc1cccc(F)c1. The van der Waals surface area contributed by atoms with E-state index >= 15 is 0 Å². The lowest BCUT2D eigenvalue weighted by molar-refractivity contribution is -0.121. The Labute approximate surface area is 94.8 Å². The molecule has 16 heavy (non-hydrogen) atoms. The molecule has 1 aromatic rings. The Morgan fingerprint density at radius 1 is 1.56 bits per heavy atom. The zero-order valence-electron chi connectivity index (χ0n) is 9.37. The van der Waals surface area contributed by atoms with Crippen molar-refractivity contribution in [3.8, 4) is 0 Å². The Bertz CT molecular complexity index is 355. The largest absolute Gasteiger partial charge is 0.352 e. The fourth-order valence-electron chi connectivity index (χ4n) is 1.30. The predicted octanol–water partition coefficient (Wildman–Crippen LogP) is 1.57. The van der Waals surface area contributed by atoms with Gasteiger partial charge < -0.3 is 11.1 Å². The first kappa shape index (κ1) is 12.6. The molecule has 0 aliphatic carbocycles. The number of hydrogen-bond donors (Lipinski definition) is 2. The van der Waals surface area contributed by atoms with Crippen molar-refractivity contribution < 1.29 is 9.18 Å². The van der Waals surface area contributed by atoms with Crippen LogP contribution < -0.4 is 11.1 Å². The summed E-state index contributed by atoms with van der Waals surface area (Å²) >= 11 is 0. The van der Waals surface area contributed by atoms with Crippen LogP contribution in [0.2, 0.25) is 0 Å². The van der Waals surface area contributed by atoms with E-state index in [1.807, 2.05) is 6.92 Å². The molecule has 0 heterocycles. The molecular weight excluding hydrogens is 207 g/mol. The maximum Gasteiger partial charge on any atom is 0.221 e. The van der Waals surface area contributed by atoms with E-state index in [2.05, 4.69) is 5.32 Å². The minimum absolute atomic E-state index is 0.0985. The first-order valence-corrected chi connectivity index (χ1v) is 5.38. The lowest BCUT2D eigenvalue weighted by atomic mass is 10.1. The van der Waals surface area contributed by atoms with Gasteiger partial charge in [0.2, 0.25) is 5.91 Å². The van der Waals surface area contributed by atoms with E-state index in [0.717, 1.165) is 12.0 Å². The molecule has 88 valence electrons. The Balaban J connectivity index is 2.37. The Hall–Kier alpha value is -1.42. The van der Waals surface area contributed by atoms with Crippen molar-refractivity contribution in [1.82, 2.24) is 5.32 Å². The van der Waals surface area contributed by atoms with Crippen molar-refractivity contribution in [3.63, 3.8) is 0 Å². The molecule has 3 nitrogen and oxygen atoms in total. The zero-order valence-corrected chi connectivity index (χ0v) is 9.37. The van der Waals surface area contributed by atoms with Crippen LogP contribution >= 0.6 is 0 Å². The molecule has 3 N–H and O–H groups in total. The highest BCUT2D eigenvalue weighted by atomic mass is 19.1. The van der Waals surface area contributed by atoms with Crippen molar-refractivity contribution in [2.45, 2.75) is 32.4 Å². The summed E-state index contributed by atoms with van der Waals surface area (Å²) in [5, 5.41) is 2.71. The molecule has 0 saturated carbocycles. The number of carbonyl (C=O) groups is 1. The summed E-state index contributed by atoms with van der Waals surface area (Å²) in [6, 6.07) is 6.06. The Morgan fingerprint density at radius 3 is 2.94 bits per heavy atom. The molecule has 0 spiro atoms. The second-order valence-electron chi connectivity index (χ2n) is 3.78. The zero-order chi connectivity index (χ0) is 12.0. The van der Waals surface area contributed by atoms with Gasteiger partial charge in [0, 0.05) is 19.0 Å². The van der Waals surface area contributed by atoms with E-state index < -0.39 is 0 Å². The third-order valence-corrected chi connectivity index (χ3v) is 2.35. The lowest BCUT2D eigenvalue weighted by Gasteiger charge is -2.09. The fraction of sp³-hybridized carbons (Fsp3) is 0.417. The molecule has 1 rings (SSSR count). The van der Waals surface area contributed by atoms with Gasteiger partial charge in [0.15, 0.2) is 0 Å². The van der Waals surface area contributed by atoms with Gasteiger partial charge in [0.25, 0.3) is 0 Å². The predicted molar refractivity (Wildman–Crippen MR) is 61.1 cm³/mol. The van der Waals surface area contributed by atoms with Crippen LogP contribution in [0.15, 0.2) is 24.3 Å². The summed E-state index contributed by atoms with van der Waals surface area (Å²) in [4.78, 5) is 11.4. The van der Waals surface area contributed by atoms with E-state index in [0.29, 0.717) is 13.0 Å². The smallest absolute Gasteiger partial charge is 0.221 e. The number of benzene rings is 1. The lowest BCUT2D eigenvalue weighted by Crippen LogP contribution is -2.30. The molecule has 1 unspecified atom stereocenters. The number of carbonyl (C=O) groups excluding carboxylic acids is 1. The first-order chi connectivity index (χ1) is 7.61. The second kappa shape index (κ2) is 6.23. The molecule has 0 aromatic heterocycles. The normalized spacial score (nSPS) is 12.2. The number of nitrogens with one attached hydrogen (secondary N) is 1. The average molecular weight is 224 g/mol. The highest BCUT2D eigenvalue weighted by molar-refractivity contribution is 5.76. The van der Waals surface area contributed by atoms with E-state index in [9.17, 15) is 9.18 Å². The van der Waals surface area contributed by atoms with Gasteiger partial charge in [-0.25, -0.2) is 4.39 Å². The van der Waals surface area contributed by atoms with E-state index in [1.165, 1.54) is 12.1 Å². The molecule has 0 bridgehead atoms. The van der Waals surface area contributed by atoms with Gasteiger partial charge in [0.1, 0.15) is 5.82 Å². The van der Waals surface area contributed by atoms with Crippen LogP contribution in [0.5, 0.6) is 0 Å². The number of nitrogens with two attached hydrogens (primary N) is 1. The van der Waals surface area contributed by atoms with Crippen LogP contribution in [-0.4, -0.2) is 11.9 Å². The van der Waals surface area contributed by atoms with Gasteiger partial charge in [0.05, 0.1) is 0 Å². The maximum absolute atomic E-state index is 12.8. The number of amides is 1. The highest BCUT2D eigenvalue weighted by Gasteiger charge is 2.06. The molecule has 1 atom stereocenters. The summed E-state index contributed by atoms with van der Waals surface area (Å²) < 4.78 is 12.8. The fourth-order valence-corrected chi connectivity index (χ4v) is 1.30. The third-order valence-electron chi connectivity index (χ3n) is 2.35. The number of rotatable bonds is 5. The summed E-state index contributed by atoms with van der Waals surface area (Å²) in [5.41, 5.74) is 6.39. The van der Waals surface area contributed by atoms with Gasteiger partial charge >= 0.3 is 0 Å². The first-order valence-electron chi connectivity index (χ1n) is 5.38. The number of hydrogen-bond acceptors (Lipinski definition) is 2. The number of halogens is 1. The van der Waals surface area contributed by atoms with Gasteiger partial charge in [-0.1, -0.05) is 19.1 Å². The highest BCUT2D eigenvalue weighted by Crippen LogP contribution is 2.03. The van der Waals surface area contributed by atoms with Gasteiger partial charge in [-0.05, 0) is 24.1 Å². The summed E-state index contributed by atoms with van der Waals surface area (Å²) in [6.07, 6.45) is 1.08. The molecule has 0 fully saturated rings. The van der Waals surface area contributed by atoms with Crippen molar-refractivity contribution in [3.05, 3.63) is 35.6 Å². The molecular formula is C12H17FN2O. The second-order valence-corrected chi connectivity index (χ2v) is 3.78. The minimum atomic E-state index is -0.294.